The number of benzene rings is 1. The number of likely N-dealkylation sites (N-methyl/N-ethyl adjacent to an activating group) is 1. The summed E-state index contributed by atoms with van der Waals surface area (Å²) in [7, 11) is 1.64. The number of rotatable bonds is 6. The molecule has 0 aliphatic carbocycles. The number of fused-ring (bicyclic) bond motifs is 1. The van der Waals surface area contributed by atoms with Crippen LogP contribution in [0.4, 0.5) is 0 Å². The van der Waals surface area contributed by atoms with Crippen LogP contribution in [0.5, 0.6) is 5.75 Å². The van der Waals surface area contributed by atoms with Gasteiger partial charge in [-0.25, -0.2) is 15.0 Å². The third-order valence-corrected chi connectivity index (χ3v) is 4.21. The Morgan fingerprint density at radius 2 is 2.00 bits per heavy atom. The average Bonchev–Trinajstić information content (AvgIpc) is 3.03. The lowest BCUT2D eigenvalue weighted by atomic mass is 10.2. The number of ether oxygens (including phenoxy) is 1. The van der Waals surface area contributed by atoms with Crippen LogP contribution < -0.4 is 4.74 Å². The molecule has 0 aliphatic rings. The number of nitrogens with zero attached hydrogens (tertiary/aromatic N) is 4. The minimum absolute atomic E-state index is 0.0844. The molecular weight excluding hydrogens is 330 g/mol. The molecule has 7 nitrogen and oxygen atoms in total. The Morgan fingerprint density at radius 3 is 2.69 bits per heavy atom. The van der Waals surface area contributed by atoms with Gasteiger partial charge in [0.15, 0.2) is 0 Å². The lowest BCUT2D eigenvalue weighted by Gasteiger charge is -2.20. The van der Waals surface area contributed by atoms with Gasteiger partial charge >= 0.3 is 0 Å². The second-order valence-corrected chi connectivity index (χ2v) is 6.14. The van der Waals surface area contributed by atoms with Crippen LogP contribution in [-0.2, 0) is 6.42 Å². The summed E-state index contributed by atoms with van der Waals surface area (Å²) in [6.45, 7) is 6.79. The molecule has 0 fully saturated rings. The molecule has 136 valence electrons. The summed E-state index contributed by atoms with van der Waals surface area (Å²) >= 11 is 0. The number of hydrogen-bond acceptors (Lipinski definition) is 5. The highest BCUT2D eigenvalue weighted by molar-refractivity contribution is 5.92. The summed E-state index contributed by atoms with van der Waals surface area (Å²) in [4.78, 5) is 30.9. The maximum Gasteiger partial charge on any atom is 0.272 e. The van der Waals surface area contributed by atoms with E-state index in [-0.39, 0.29) is 5.91 Å². The number of carbonyl (C=O) groups is 1. The van der Waals surface area contributed by atoms with Gasteiger partial charge in [-0.15, -0.1) is 0 Å². The predicted molar refractivity (Wildman–Crippen MR) is 99.4 cm³/mol. The Balaban J connectivity index is 1.73. The second kappa shape index (κ2) is 7.51. The highest BCUT2D eigenvalue weighted by atomic mass is 16.5. The van der Waals surface area contributed by atoms with Gasteiger partial charge in [-0.05, 0) is 39.0 Å². The monoisotopic (exact) mass is 353 g/mol. The smallest absolute Gasteiger partial charge is 0.272 e. The molecule has 0 bridgehead atoms. The molecule has 1 N–H and O–H groups in total. The Kier molecular flexibility index (Phi) is 5.16. The van der Waals surface area contributed by atoms with Gasteiger partial charge in [-0.3, -0.25) is 4.79 Å². The van der Waals surface area contributed by atoms with Crippen molar-refractivity contribution in [2.75, 3.05) is 20.2 Å². The molecule has 0 aliphatic heterocycles. The van der Waals surface area contributed by atoms with E-state index >= 15 is 0 Å². The van der Waals surface area contributed by atoms with Gasteiger partial charge in [0.25, 0.3) is 5.91 Å². The summed E-state index contributed by atoms with van der Waals surface area (Å²) in [5, 5.41) is 0. The normalized spacial score (nSPS) is 10.9. The Morgan fingerprint density at radius 1 is 1.19 bits per heavy atom. The van der Waals surface area contributed by atoms with Gasteiger partial charge < -0.3 is 14.6 Å². The highest BCUT2D eigenvalue weighted by Gasteiger charge is 2.17. The molecule has 3 rings (SSSR count). The molecule has 7 heteroatoms. The maximum absolute atomic E-state index is 12.7. The fourth-order valence-corrected chi connectivity index (χ4v) is 2.92. The SMILES string of the molecule is CCN(CCc1nc2ccc(OC)cc2[nH]1)C(=O)c1cc(C)nc(C)n1. The fraction of sp³-hybridized carbons (Fsp3) is 0.368. The van der Waals surface area contributed by atoms with Gasteiger partial charge in [-0.1, -0.05) is 0 Å². The van der Waals surface area contributed by atoms with E-state index in [0.29, 0.717) is 31.0 Å². The number of aromatic amines is 1. The molecule has 1 amide bonds. The minimum atomic E-state index is -0.0844. The van der Waals surface area contributed by atoms with Crippen molar-refractivity contribution < 1.29 is 9.53 Å². The topological polar surface area (TPSA) is 84.0 Å². The molecule has 0 saturated carbocycles. The fourth-order valence-electron chi connectivity index (χ4n) is 2.92. The Hall–Kier alpha value is -2.96. The van der Waals surface area contributed by atoms with Crippen molar-refractivity contribution in [2.45, 2.75) is 27.2 Å². The van der Waals surface area contributed by atoms with Crippen LogP contribution in [0.1, 0.15) is 34.8 Å². The van der Waals surface area contributed by atoms with Crippen LogP contribution in [0.3, 0.4) is 0 Å². The second-order valence-electron chi connectivity index (χ2n) is 6.14. The van der Waals surface area contributed by atoms with Crippen LogP contribution in [0.2, 0.25) is 0 Å². The van der Waals surface area contributed by atoms with Crippen molar-refractivity contribution >= 4 is 16.9 Å². The number of hydrogen-bond donors (Lipinski definition) is 1. The van der Waals surface area contributed by atoms with Crippen LogP contribution in [0.15, 0.2) is 24.3 Å². The molecule has 0 radical (unpaired) electrons. The van der Waals surface area contributed by atoms with E-state index in [4.69, 9.17) is 4.74 Å². The van der Waals surface area contributed by atoms with Crippen LogP contribution in [-0.4, -0.2) is 50.9 Å². The zero-order valence-corrected chi connectivity index (χ0v) is 15.5. The van der Waals surface area contributed by atoms with Crippen molar-refractivity contribution in [3.8, 4) is 5.75 Å². The van der Waals surface area contributed by atoms with Crippen LogP contribution in [0, 0.1) is 13.8 Å². The van der Waals surface area contributed by atoms with E-state index in [1.54, 1.807) is 25.0 Å². The summed E-state index contributed by atoms with van der Waals surface area (Å²) in [5.41, 5.74) is 3.04. The molecule has 26 heavy (non-hydrogen) atoms. The summed E-state index contributed by atoms with van der Waals surface area (Å²) in [5.74, 6) is 2.15. The first-order chi connectivity index (χ1) is 12.5. The highest BCUT2D eigenvalue weighted by Crippen LogP contribution is 2.19. The molecular formula is C19H23N5O2. The maximum atomic E-state index is 12.7. The number of aromatic nitrogens is 4. The molecule has 0 atom stereocenters. The molecule has 1 aromatic carbocycles. The molecule has 3 aromatic rings. The molecule has 0 unspecified atom stereocenters. The van der Waals surface area contributed by atoms with Crippen molar-refractivity contribution in [1.82, 2.24) is 24.8 Å². The van der Waals surface area contributed by atoms with Crippen molar-refractivity contribution in [3.63, 3.8) is 0 Å². The standard InChI is InChI=1S/C19H23N5O2/c1-5-24(19(25)17-10-12(2)20-13(3)21-17)9-8-18-22-15-7-6-14(26-4)11-16(15)23-18/h6-7,10-11H,5,8-9H2,1-4H3,(H,22,23). The number of imidazole rings is 1. The van der Waals surface area contributed by atoms with E-state index in [1.807, 2.05) is 32.0 Å². The van der Waals surface area contributed by atoms with Gasteiger partial charge in [-0.2, -0.15) is 0 Å². The number of carbonyl (C=O) groups excluding carboxylic acids is 1. The summed E-state index contributed by atoms with van der Waals surface area (Å²) in [6, 6.07) is 7.45. The third-order valence-electron chi connectivity index (χ3n) is 4.21. The summed E-state index contributed by atoms with van der Waals surface area (Å²) in [6.07, 6.45) is 0.639. The number of aryl methyl sites for hydroxylation is 2. The minimum Gasteiger partial charge on any atom is -0.497 e. The van der Waals surface area contributed by atoms with E-state index < -0.39 is 0 Å². The van der Waals surface area contributed by atoms with Crippen molar-refractivity contribution in [1.29, 1.82) is 0 Å². The number of amides is 1. The number of H-pyrrole nitrogens is 1. The van der Waals surface area contributed by atoms with E-state index in [1.165, 1.54) is 0 Å². The first-order valence-electron chi connectivity index (χ1n) is 8.64. The third kappa shape index (κ3) is 3.82. The number of methoxy groups -OCH3 is 1. The van der Waals surface area contributed by atoms with Gasteiger partial charge in [0, 0.05) is 31.3 Å². The van der Waals surface area contributed by atoms with Gasteiger partial charge in [0.1, 0.15) is 23.1 Å². The van der Waals surface area contributed by atoms with E-state index in [0.717, 1.165) is 28.3 Å². The first kappa shape index (κ1) is 17.8. The van der Waals surface area contributed by atoms with E-state index in [2.05, 4.69) is 19.9 Å². The molecule has 0 spiro atoms. The predicted octanol–water partition coefficient (Wildman–Crippen LogP) is 2.68. The average molecular weight is 353 g/mol. The lowest BCUT2D eigenvalue weighted by Crippen LogP contribution is -2.33. The molecule has 2 heterocycles. The van der Waals surface area contributed by atoms with Crippen LogP contribution >= 0.6 is 0 Å². The quantitative estimate of drug-likeness (QED) is 0.736. The zero-order chi connectivity index (χ0) is 18.7. The zero-order valence-electron chi connectivity index (χ0n) is 15.5. The number of nitrogens with one attached hydrogen (secondary N) is 1. The summed E-state index contributed by atoms with van der Waals surface area (Å²) < 4.78 is 5.23. The van der Waals surface area contributed by atoms with Gasteiger partial charge in [0.05, 0.1) is 18.1 Å². The Labute approximate surface area is 152 Å². The molecule has 2 aromatic heterocycles. The molecule has 0 saturated heterocycles. The first-order valence-corrected chi connectivity index (χ1v) is 8.64. The lowest BCUT2D eigenvalue weighted by molar-refractivity contribution is 0.0759. The van der Waals surface area contributed by atoms with E-state index in [9.17, 15) is 4.79 Å². The van der Waals surface area contributed by atoms with Crippen molar-refractivity contribution in [2.24, 2.45) is 0 Å². The largest absolute Gasteiger partial charge is 0.497 e. The van der Waals surface area contributed by atoms with Gasteiger partial charge in [0.2, 0.25) is 0 Å². The van der Waals surface area contributed by atoms with Crippen molar-refractivity contribution in [3.05, 3.63) is 47.3 Å². The Bertz CT molecular complexity index is 915. The van der Waals surface area contributed by atoms with Crippen LogP contribution in [0.25, 0.3) is 11.0 Å².